The van der Waals surface area contributed by atoms with Gasteiger partial charge in [-0.1, -0.05) is 24.3 Å². The SMILES string of the molecule is CC(=O)N1CCN(c2ccc(CCc3ccc(CCOC(=O)N(N)C(=O)O)cc3)nc2)CC1. The number of hydrogen-bond acceptors (Lipinski definition) is 7. The normalized spacial score (nSPS) is 13.5. The molecule has 3 rings (SSSR count). The van der Waals surface area contributed by atoms with Gasteiger partial charge in [-0.3, -0.25) is 9.78 Å². The number of benzene rings is 1. The van der Waals surface area contributed by atoms with E-state index in [2.05, 4.69) is 16.0 Å². The lowest BCUT2D eigenvalue weighted by Gasteiger charge is -2.35. The van der Waals surface area contributed by atoms with E-state index < -0.39 is 12.2 Å². The minimum absolute atomic E-state index is 0.0121. The van der Waals surface area contributed by atoms with Crippen LogP contribution in [0.3, 0.4) is 0 Å². The number of hydrogen-bond donors (Lipinski definition) is 2. The summed E-state index contributed by atoms with van der Waals surface area (Å²) in [5.74, 6) is 5.16. The smallest absolute Gasteiger partial charge is 0.434 e. The molecule has 3 N–H and O–H groups in total. The number of hydrazine groups is 1. The second-order valence-electron chi connectivity index (χ2n) is 7.83. The lowest BCUT2D eigenvalue weighted by atomic mass is 10.0. The second-order valence-corrected chi connectivity index (χ2v) is 7.83. The fourth-order valence-corrected chi connectivity index (χ4v) is 3.58. The zero-order valence-electron chi connectivity index (χ0n) is 18.6. The number of imide groups is 1. The summed E-state index contributed by atoms with van der Waals surface area (Å²) in [6.07, 6.45) is 1.35. The number of aromatic nitrogens is 1. The number of anilines is 1. The van der Waals surface area contributed by atoms with Crippen LogP contribution in [-0.2, 0) is 28.8 Å². The number of nitrogens with zero attached hydrogens (tertiary/aromatic N) is 4. The Morgan fingerprint density at radius 2 is 1.64 bits per heavy atom. The highest BCUT2D eigenvalue weighted by Crippen LogP contribution is 2.17. The van der Waals surface area contributed by atoms with E-state index >= 15 is 0 Å². The van der Waals surface area contributed by atoms with E-state index in [1.807, 2.05) is 41.4 Å². The van der Waals surface area contributed by atoms with Gasteiger partial charge in [0.2, 0.25) is 5.91 Å². The topological polar surface area (TPSA) is 129 Å². The number of nitrogens with two attached hydrogens (primary N) is 1. The van der Waals surface area contributed by atoms with Crippen LogP contribution in [0.25, 0.3) is 0 Å². The molecular formula is C23H29N5O5. The molecule has 1 aromatic carbocycles. The monoisotopic (exact) mass is 455 g/mol. The van der Waals surface area contributed by atoms with Gasteiger partial charge in [0.05, 0.1) is 18.5 Å². The molecule has 3 amide bonds. The number of pyridine rings is 1. The van der Waals surface area contributed by atoms with Crippen LogP contribution in [0, 0.1) is 0 Å². The van der Waals surface area contributed by atoms with Crippen molar-refractivity contribution in [3.05, 3.63) is 59.4 Å². The zero-order chi connectivity index (χ0) is 23.8. The lowest BCUT2D eigenvalue weighted by molar-refractivity contribution is -0.129. The Morgan fingerprint density at radius 1 is 1.00 bits per heavy atom. The van der Waals surface area contributed by atoms with Crippen molar-refractivity contribution >= 4 is 23.8 Å². The summed E-state index contributed by atoms with van der Waals surface area (Å²) in [4.78, 5) is 42.1. The Labute approximate surface area is 192 Å². The average Bonchev–Trinajstić information content (AvgIpc) is 2.83. The minimum atomic E-state index is -1.57. The van der Waals surface area contributed by atoms with Crippen molar-refractivity contribution in [3.63, 3.8) is 0 Å². The molecule has 1 aliphatic heterocycles. The third-order valence-electron chi connectivity index (χ3n) is 5.61. The Bertz CT molecular complexity index is 956. The molecule has 1 aromatic heterocycles. The highest BCUT2D eigenvalue weighted by atomic mass is 16.6. The van der Waals surface area contributed by atoms with Gasteiger partial charge in [0.25, 0.3) is 0 Å². The largest absolute Gasteiger partial charge is 0.464 e. The van der Waals surface area contributed by atoms with Gasteiger partial charge in [-0.15, -0.1) is 5.01 Å². The molecule has 0 bridgehead atoms. The summed E-state index contributed by atoms with van der Waals surface area (Å²) < 4.78 is 4.83. The molecule has 10 nitrogen and oxygen atoms in total. The van der Waals surface area contributed by atoms with Crippen molar-refractivity contribution in [2.45, 2.75) is 26.2 Å². The number of carboxylic acid groups (broad SMARTS) is 1. The molecule has 0 atom stereocenters. The first-order valence-electron chi connectivity index (χ1n) is 10.8. The van der Waals surface area contributed by atoms with E-state index in [1.165, 1.54) is 5.56 Å². The fourth-order valence-electron chi connectivity index (χ4n) is 3.58. The maximum absolute atomic E-state index is 11.5. The fraction of sp³-hybridized carbons (Fsp3) is 0.391. The Kier molecular flexibility index (Phi) is 8.20. The summed E-state index contributed by atoms with van der Waals surface area (Å²) in [6.45, 7) is 4.76. The van der Waals surface area contributed by atoms with Crippen LogP contribution < -0.4 is 10.7 Å². The first kappa shape index (κ1) is 24.0. The van der Waals surface area contributed by atoms with Crippen molar-refractivity contribution in [1.29, 1.82) is 0 Å². The summed E-state index contributed by atoms with van der Waals surface area (Å²) in [5, 5.41) is 8.62. The van der Waals surface area contributed by atoms with Crippen LogP contribution in [0.5, 0.6) is 0 Å². The van der Waals surface area contributed by atoms with Crippen molar-refractivity contribution < 1.29 is 24.2 Å². The Morgan fingerprint density at radius 3 is 2.18 bits per heavy atom. The van der Waals surface area contributed by atoms with Crippen LogP contribution in [0.1, 0.15) is 23.7 Å². The molecule has 0 unspecified atom stereocenters. The van der Waals surface area contributed by atoms with Crippen molar-refractivity contribution in [1.82, 2.24) is 14.9 Å². The molecule has 1 fully saturated rings. The molecule has 0 radical (unpaired) electrons. The van der Waals surface area contributed by atoms with Gasteiger partial charge < -0.3 is 19.6 Å². The van der Waals surface area contributed by atoms with Crippen LogP contribution in [0.15, 0.2) is 42.6 Å². The highest BCUT2D eigenvalue weighted by Gasteiger charge is 2.19. The van der Waals surface area contributed by atoms with Crippen molar-refractivity contribution in [2.24, 2.45) is 5.84 Å². The van der Waals surface area contributed by atoms with Gasteiger partial charge in [0, 0.05) is 45.2 Å². The summed E-state index contributed by atoms with van der Waals surface area (Å²) in [6, 6.07) is 12.1. The van der Waals surface area contributed by atoms with Gasteiger partial charge in [0.15, 0.2) is 0 Å². The third-order valence-corrected chi connectivity index (χ3v) is 5.61. The molecule has 2 aromatic rings. The van der Waals surface area contributed by atoms with Crippen molar-refractivity contribution in [3.8, 4) is 0 Å². The number of ether oxygens (including phenoxy) is 1. The number of carbonyl (C=O) groups excluding carboxylic acids is 2. The zero-order valence-corrected chi connectivity index (χ0v) is 18.6. The Hall–Kier alpha value is -3.66. The van der Waals surface area contributed by atoms with E-state index in [0.717, 1.165) is 56.0 Å². The van der Waals surface area contributed by atoms with Gasteiger partial charge in [-0.25, -0.2) is 15.4 Å². The van der Waals surface area contributed by atoms with Crippen molar-refractivity contribution in [2.75, 3.05) is 37.7 Å². The van der Waals surface area contributed by atoms with Crippen LogP contribution >= 0.6 is 0 Å². The molecule has 0 aliphatic carbocycles. The molecule has 10 heteroatoms. The minimum Gasteiger partial charge on any atom is -0.464 e. The molecule has 0 spiro atoms. The van der Waals surface area contributed by atoms with E-state index in [4.69, 9.17) is 15.7 Å². The molecule has 2 heterocycles. The maximum atomic E-state index is 11.5. The number of rotatable bonds is 7. The third kappa shape index (κ3) is 6.91. The standard InChI is InChI=1S/C23H29N5O5/c1-17(29)26-11-13-27(14-12-26)21-9-8-20(25-16-21)7-6-18-2-4-19(5-3-18)10-15-33-23(32)28(24)22(30)31/h2-5,8-9,16H,6-7,10-15,24H2,1H3,(H,30,31). The second kappa shape index (κ2) is 11.3. The van der Waals surface area contributed by atoms with E-state index in [0.29, 0.717) is 6.42 Å². The Balaban J connectivity index is 1.41. The van der Waals surface area contributed by atoms with E-state index in [-0.39, 0.29) is 17.5 Å². The quantitative estimate of drug-likeness (QED) is 0.369. The van der Waals surface area contributed by atoms with Crippen LogP contribution in [0.4, 0.5) is 15.3 Å². The summed E-state index contributed by atoms with van der Waals surface area (Å²) in [5.41, 5.74) is 4.23. The number of aryl methyl sites for hydroxylation is 2. The van der Waals surface area contributed by atoms with Gasteiger partial charge >= 0.3 is 12.2 Å². The summed E-state index contributed by atoms with van der Waals surface area (Å²) >= 11 is 0. The number of carbonyl (C=O) groups is 3. The highest BCUT2D eigenvalue weighted by molar-refractivity contribution is 5.85. The maximum Gasteiger partial charge on any atom is 0.434 e. The molecule has 1 aliphatic rings. The lowest BCUT2D eigenvalue weighted by Crippen LogP contribution is -2.48. The van der Waals surface area contributed by atoms with Crippen LogP contribution in [0.2, 0.25) is 0 Å². The van der Waals surface area contributed by atoms with E-state index in [1.54, 1.807) is 6.92 Å². The molecular weight excluding hydrogens is 426 g/mol. The molecule has 176 valence electrons. The van der Waals surface area contributed by atoms with Crippen LogP contribution in [-0.4, -0.2) is 70.9 Å². The average molecular weight is 456 g/mol. The predicted molar refractivity (Wildman–Crippen MR) is 122 cm³/mol. The summed E-state index contributed by atoms with van der Waals surface area (Å²) in [7, 11) is 0. The number of piperazine rings is 1. The van der Waals surface area contributed by atoms with Gasteiger partial charge in [-0.05, 0) is 36.1 Å². The predicted octanol–water partition coefficient (Wildman–Crippen LogP) is 2.07. The molecule has 1 saturated heterocycles. The first-order chi connectivity index (χ1) is 15.8. The molecule has 0 saturated carbocycles. The van der Waals surface area contributed by atoms with Gasteiger partial charge in [0.1, 0.15) is 0 Å². The van der Waals surface area contributed by atoms with E-state index in [9.17, 15) is 14.4 Å². The molecule has 33 heavy (non-hydrogen) atoms. The van der Waals surface area contributed by atoms with Gasteiger partial charge in [-0.2, -0.15) is 0 Å². The first-order valence-corrected chi connectivity index (χ1v) is 10.8. The number of amides is 3.